The lowest BCUT2D eigenvalue weighted by Crippen LogP contribution is -2.30. The molecule has 1 aromatic carbocycles. The van der Waals surface area contributed by atoms with Crippen molar-refractivity contribution in [2.45, 2.75) is 31.9 Å². The van der Waals surface area contributed by atoms with Gasteiger partial charge in [-0.1, -0.05) is 37.1 Å². The molecular formula is C13H20ClNO. The van der Waals surface area contributed by atoms with E-state index in [4.69, 9.17) is 16.3 Å². The normalized spacial score (nSPS) is 14.8. The van der Waals surface area contributed by atoms with E-state index in [9.17, 15) is 0 Å². The van der Waals surface area contributed by atoms with Crippen LogP contribution in [0.1, 0.15) is 31.4 Å². The van der Waals surface area contributed by atoms with Crippen molar-refractivity contribution in [3.8, 4) is 0 Å². The second kappa shape index (κ2) is 6.89. The third kappa shape index (κ3) is 3.48. The Morgan fingerprint density at radius 1 is 1.31 bits per heavy atom. The third-order valence-corrected chi connectivity index (χ3v) is 3.04. The van der Waals surface area contributed by atoms with E-state index in [2.05, 4.69) is 12.2 Å². The van der Waals surface area contributed by atoms with Crippen LogP contribution in [-0.2, 0) is 4.74 Å². The molecule has 0 saturated heterocycles. The van der Waals surface area contributed by atoms with Crippen molar-refractivity contribution in [1.82, 2.24) is 5.32 Å². The van der Waals surface area contributed by atoms with Gasteiger partial charge < -0.3 is 10.1 Å². The van der Waals surface area contributed by atoms with Gasteiger partial charge in [0, 0.05) is 12.1 Å². The van der Waals surface area contributed by atoms with Crippen LogP contribution in [0, 0.1) is 0 Å². The number of benzene rings is 1. The summed E-state index contributed by atoms with van der Waals surface area (Å²) in [6.45, 7) is 2.17. The van der Waals surface area contributed by atoms with Crippen LogP contribution in [-0.4, -0.2) is 20.3 Å². The predicted octanol–water partition coefficient (Wildman–Crippen LogP) is 3.42. The average molecular weight is 242 g/mol. The summed E-state index contributed by atoms with van der Waals surface area (Å²) < 4.78 is 5.53. The maximum Gasteiger partial charge on any atom is 0.0765 e. The molecule has 2 atom stereocenters. The molecule has 3 heteroatoms. The molecule has 1 N–H and O–H groups in total. The molecule has 0 bridgehead atoms. The van der Waals surface area contributed by atoms with Gasteiger partial charge in [0.05, 0.1) is 12.1 Å². The Balaban J connectivity index is 2.83. The molecular weight excluding hydrogens is 222 g/mol. The van der Waals surface area contributed by atoms with Gasteiger partial charge in [0.25, 0.3) is 0 Å². The van der Waals surface area contributed by atoms with E-state index in [0.717, 1.165) is 17.9 Å². The molecule has 0 amide bonds. The van der Waals surface area contributed by atoms with E-state index in [1.54, 1.807) is 7.11 Å². The molecule has 2 unspecified atom stereocenters. The molecule has 1 rings (SSSR count). The molecule has 0 aliphatic rings. The van der Waals surface area contributed by atoms with Crippen LogP contribution in [0.2, 0.25) is 5.02 Å². The summed E-state index contributed by atoms with van der Waals surface area (Å²) in [6, 6.07) is 8.15. The molecule has 0 spiro atoms. The molecule has 0 heterocycles. The Bertz CT molecular complexity index is 299. The van der Waals surface area contributed by atoms with Crippen molar-refractivity contribution in [3.63, 3.8) is 0 Å². The Labute approximate surface area is 103 Å². The van der Waals surface area contributed by atoms with E-state index in [1.807, 2.05) is 31.3 Å². The Morgan fingerprint density at radius 2 is 1.94 bits per heavy atom. The fraction of sp³-hybridized carbons (Fsp3) is 0.538. The lowest BCUT2D eigenvalue weighted by molar-refractivity contribution is 0.0630. The second-order valence-electron chi connectivity index (χ2n) is 3.88. The molecule has 1 aromatic rings. The molecule has 2 nitrogen and oxygen atoms in total. The van der Waals surface area contributed by atoms with Crippen LogP contribution in [0.15, 0.2) is 24.3 Å². The summed E-state index contributed by atoms with van der Waals surface area (Å²) in [6.07, 6.45) is 2.37. The van der Waals surface area contributed by atoms with E-state index < -0.39 is 0 Å². The van der Waals surface area contributed by atoms with Crippen LogP contribution in [0.25, 0.3) is 0 Å². The van der Waals surface area contributed by atoms with E-state index in [0.29, 0.717) is 0 Å². The first-order valence-corrected chi connectivity index (χ1v) is 6.06. The van der Waals surface area contributed by atoms with Crippen molar-refractivity contribution in [3.05, 3.63) is 34.9 Å². The van der Waals surface area contributed by atoms with Crippen molar-refractivity contribution < 1.29 is 4.74 Å². The summed E-state index contributed by atoms with van der Waals surface area (Å²) in [4.78, 5) is 0. The van der Waals surface area contributed by atoms with Crippen LogP contribution in [0.3, 0.4) is 0 Å². The summed E-state index contributed by atoms with van der Waals surface area (Å²) in [7, 11) is 3.72. The molecule has 0 radical (unpaired) electrons. The maximum atomic E-state index is 5.88. The Morgan fingerprint density at radius 3 is 2.38 bits per heavy atom. The van der Waals surface area contributed by atoms with Gasteiger partial charge in [-0.3, -0.25) is 0 Å². The SMILES string of the molecule is CCCC(OC)C(NC)c1ccc(Cl)cc1. The zero-order chi connectivity index (χ0) is 12.0. The van der Waals surface area contributed by atoms with Gasteiger partial charge in [-0.05, 0) is 31.2 Å². The minimum absolute atomic E-state index is 0.205. The fourth-order valence-electron chi connectivity index (χ4n) is 1.94. The zero-order valence-corrected chi connectivity index (χ0v) is 10.9. The Hall–Kier alpha value is -0.570. The molecule has 0 aliphatic heterocycles. The highest BCUT2D eigenvalue weighted by molar-refractivity contribution is 6.30. The van der Waals surface area contributed by atoms with Gasteiger partial charge in [0.15, 0.2) is 0 Å². The van der Waals surface area contributed by atoms with Gasteiger partial charge in [0.2, 0.25) is 0 Å². The number of hydrogen-bond donors (Lipinski definition) is 1. The fourth-order valence-corrected chi connectivity index (χ4v) is 2.07. The lowest BCUT2D eigenvalue weighted by Gasteiger charge is -2.25. The first-order valence-electron chi connectivity index (χ1n) is 5.68. The standard InChI is InChI=1S/C13H20ClNO/c1-4-5-12(16-3)13(15-2)10-6-8-11(14)9-7-10/h6-9,12-13,15H,4-5H2,1-3H3. The highest BCUT2D eigenvalue weighted by atomic mass is 35.5. The number of halogens is 1. The number of nitrogens with one attached hydrogen (secondary N) is 1. The van der Waals surface area contributed by atoms with E-state index >= 15 is 0 Å². The number of hydrogen-bond acceptors (Lipinski definition) is 2. The van der Waals surface area contributed by atoms with Gasteiger partial charge in [-0.15, -0.1) is 0 Å². The Kier molecular flexibility index (Phi) is 5.81. The highest BCUT2D eigenvalue weighted by Crippen LogP contribution is 2.23. The number of ether oxygens (including phenoxy) is 1. The molecule has 0 aliphatic carbocycles. The predicted molar refractivity (Wildman–Crippen MR) is 69.0 cm³/mol. The van der Waals surface area contributed by atoms with Crippen LogP contribution < -0.4 is 5.32 Å². The quantitative estimate of drug-likeness (QED) is 0.824. The van der Waals surface area contributed by atoms with Gasteiger partial charge in [0.1, 0.15) is 0 Å². The van der Waals surface area contributed by atoms with E-state index in [-0.39, 0.29) is 12.1 Å². The van der Waals surface area contributed by atoms with Crippen molar-refractivity contribution in [1.29, 1.82) is 0 Å². The van der Waals surface area contributed by atoms with E-state index in [1.165, 1.54) is 5.56 Å². The second-order valence-corrected chi connectivity index (χ2v) is 4.32. The molecule has 90 valence electrons. The summed E-state index contributed by atoms with van der Waals surface area (Å²) in [5.74, 6) is 0. The first-order chi connectivity index (χ1) is 7.72. The summed E-state index contributed by atoms with van der Waals surface area (Å²) in [5, 5.41) is 4.07. The van der Waals surface area contributed by atoms with Gasteiger partial charge in [-0.25, -0.2) is 0 Å². The van der Waals surface area contributed by atoms with Crippen molar-refractivity contribution >= 4 is 11.6 Å². The minimum Gasteiger partial charge on any atom is -0.379 e. The highest BCUT2D eigenvalue weighted by Gasteiger charge is 2.20. The largest absolute Gasteiger partial charge is 0.379 e. The van der Waals surface area contributed by atoms with Crippen molar-refractivity contribution in [2.24, 2.45) is 0 Å². The van der Waals surface area contributed by atoms with Gasteiger partial charge in [-0.2, -0.15) is 0 Å². The molecule has 0 saturated carbocycles. The van der Waals surface area contributed by atoms with Crippen LogP contribution >= 0.6 is 11.6 Å². The number of rotatable bonds is 6. The topological polar surface area (TPSA) is 21.3 Å². The first kappa shape index (κ1) is 13.5. The smallest absolute Gasteiger partial charge is 0.0765 e. The van der Waals surface area contributed by atoms with Crippen LogP contribution in [0.4, 0.5) is 0 Å². The molecule has 0 fully saturated rings. The summed E-state index contributed by atoms with van der Waals surface area (Å²) >= 11 is 5.88. The van der Waals surface area contributed by atoms with Crippen molar-refractivity contribution in [2.75, 3.05) is 14.2 Å². The molecule has 16 heavy (non-hydrogen) atoms. The summed E-state index contributed by atoms with van der Waals surface area (Å²) in [5.41, 5.74) is 1.22. The van der Waals surface area contributed by atoms with Crippen LogP contribution in [0.5, 0.6) is 0 Å². The van der Waals surface area contributed by atoms with Gasteiger partial charge >= 0.3 is 0 Å². The monoisotopic (exact) mass is 241 g/mol. The zero-order valence-electron chi connectivity index (χ0n) is 10.2. The lowest BCUT2D eigenvalue weighted by atomic mass is 9.98. The maximum absolute atomic E-state index is 5.88. The number of methoxy groups -OCH3 is 1. The third-order valence-electron chi connectivity index (χ3n) is 2.79. The number of likely N-dealkylation sites (N-methyl/N-ethyl adjacent to an activating group) is 1. The average Bonchev–Trinajstić information content (AvgIpc) is 2.31. The molecule has 0 aromatic heterocycles. The minimum atomic E-state index is 0.205.